The molecule has 0 radical (unpaired) electrons. The molecule has 0 amide bonds. The van der Waals surface area contributed by atoms with Crippen LogP contribution < -0.4 is 5.32 Å². The number of aliphatic hydroxyl groups excluding tert-OH is 1. The minimum Gasteiger partial charge on any atom is -0.394 e. The molecular formula is C7H16INO2. The first-order valence-corrected chi connectivity index (χ1v) is 4.51. The number of hydrogen-bond donors (Lipinski definition) is 2. The van der Waals surface area contributed by atoms with Crippen LogP contribution in [0.3, 0.4) is 0 Å². The predicted octanol–water partition coefficient (Wildman–Crippen LogP) is 1.10. The van der Waals surface area contributed by atoms with Crippen molar-refractivity contribution in [1.82, 2.24) is 5.32 Å². The lowest BCUT2D eigenvalue weighted by atomic mass is 10.1. The zero-order valence-electron chi connectivity index (χ0n) is 7.22. The summed E-state index contributed by atoms with van der Waals surface area (Å²) in [6.45, 7) is 6.98. The molecule has 0 aliphatic heterocycles. The Kier molecular flexibility index (Phi) is 5.58. The second-order valence-corrected chi connectivity index (χ2v) is 4.03. The first-order chi connectivity index (χ1) is 4.99. The summed E-state index contributed by atoms with van der Waals surface area (Å²) in [5.74, 6) is 0. The van der Waals surface area contributed by atoms with Crippen LogP contribution in [0.1, 0.15) is 20.8 Å². The van der Waals surface area contributed by atoms with Crippen LogP contribution in [0.15, 0.2) is 0 Å². The minimum absolute atomic E-state index is 0.0615. The number of aliphatic hydroxyl groups is 1. The number of rotatable bonds is 4. The lowest BCUT2D eigenvalue weighted by Crippen LogP contribution is -2.42. The van der Waals surface area contributed by atoms with Crippen LogP contribution in [-0.4, -0.2) is 29.9 Å². The predicted molar refractivity (Wildman–Crippen MR) is 53.7 cm³/mol. The summed E-state index contributed by atoms with van der Waals surface area (Å²) in [5, 5.41) is 12.0. The monoisotopic (exact) mass is 273 g/mol. The highest BCUT2D eigenvalue weighted by Gasteiger charge is 2.12. The SMILES string of the molecule is CC(C)(C)NCC(CO)OI. The summed E-state index contributed by atoms with van der Waals surface area (Å²) in [6, 6.07) is 0. The van der Waals surface area contributed by atoms with Gasteiger partial charge in [-0.15, -0.1) is 0 Å². The van der Waals surface area contributed by atoms with E-state index in [9.17, 15) is 0 Å². The van der Waals surface area contributed by atoms with E-state index >= 15 is 0 Å². The molecule has 0 aliphatic rings. The van der Waals surface area contributed by atoms with Crippen molar-refractivity contribution in [3.05, 3.63) is 0 Å². The van der Waals surface area contributed by atoms with Crippen molar-refractivity contribution < 1.29 is 8.17 Å². The highest BCUT2D eigenvalue weighted by atomic mass is 127. The highest BCUT2D eigenvalue weighted by Crippen LogP contribution is 2.01. The fourth-order valence-corrected chi connectivity index (χ4v) is 0.885. The summed E-state index contributed by atoms with van der Waals surface area (Å²) in [5.41, 5.74) is 0.0859. The Labute approximate surface area is 82.2 Å². The largest absolute Gasteiger partial charge is 0.394 e. The van der Waals surface area contributed by atoms with E-state index in [4.69, 9.17) is 8.17 Å². The Bertz CT molecular complexity index is 99.1. The maximum atomic E-state index is 8.75. The van der Waals surface area contributed by atoms with E-state index in [0.29, 0.717) is 6.54 Å². The second-order valence-electron chi connectivity index (χ2n) is 3.52. The maximum Gasteiger partial charge on any atom is 0.110 e. The fraction of sp³-hybridized carbons (Fsp3) is 1.00. The summed E-state index contributed by atoms with van der Waals surface area (Å²) >= 11 is 1.80. The Balaban J connectivity index is 3.51. The van der Waals surface area contributed by atoms with Gasteiger partial charge in [-0.2, -0.15) is 0 Å². The summed E-state index contributed by atoms with van der Waals surface area (Å²) < 4.78 is 4.95. The molecule has 0 rings (SSSR count). The fourth-order valence-electron chi connectivity index (χ4n) is 0.544. The molecule has 0 aromatic rings. The van der Waals surface area contributed by atoms with Crippen molar-refractivity contribution >= 4 is 23.0 Å². The molecular weight excluding hydrogens is 257 g/mol. The van der Waals surface area contributed by atoms with Crippen molar-refractivity contribution in [2.75, 3.05) is 13.2 Å². The van der Waals surface area contributed by atoms with Gasteiger partial charge in [0.05, 0.1) is 6.61 Å². The number of halogens is 1. The zero-order chi connectivity index (χ0) is 8.91. The van der Waals surface area contributed by atoms with E-state index in [1.165, 1.54) is 0 Å². The molecule has 2 N–H and O–H groups in total. The molecule has 0 saturated carbocycles. The summed E-state index contributed by atoms with van der Waals surface area (Å²) in [7, 11) is 0. The molecule has 1 atom stereocenters. The topological polar surface area (TPSA) is 41.5 Å². The van der Waals surface area contributed by atoms with E-state index in [-0.39, 0.29) is 18.2 Å². The van der Waals surface area contributed by atoms with Crippen molar-refractivity contribution in [2.24, 2.45) is 0 Å². The summed E-state index contributed by atoms with van der Waals surface area (Å²) in [6.07, 6.45) is -0.102. The van der Waals surface area contributed by atoms with Gasteiger partial charge >= 0.3 is 0 Å². The Hall–Kier alpha value is 0.610. The van der Waals surface area contributed by atoms with Gasteiger partial charge in [0.25, 0.3) is 0 Å². The van der Waals surface area contributed by atoms with Crippen LogP contribution in [0.4, 0.5) is 0 Å². The van der Waals surface area contributed by atoms with E-state index < -0.39 is 0 Å². The van der Waals surface area contributed by atoms with Crippen molar-refractivity contribution in [3.8, 4) is 0 Å². The Morgan fingerprint density at radius 3 is 2.36 bits per heavy atom. The standard InChI is InChI=1S/C7H16INO2/c1-7(2,3)9-4-6(5-10)11-8/h6,9-10H,4-5H2,1-3H3. The van der Waals surface area contributed by atoms with Crippen molar-refractivity contribution in [2.45, 2.75) is 32.4 Å². The van der Waals surface area contributed by atoms with Crippen LogP contribution >= 0.6 is 23.0 Å². The molecule has 0 aliphatic carbocycles. The van der Waals surface area contributed by atoms with Crippen molar-refractivity contribution in [1.29, 1.82) is 0 Å². The first-order valence-electron chi connectivity index (χ1n) is 3.63. The third-order valence-corrected chi connectivity index (χ3v) is 1.91. The molecule has 0 bridgehead atoms. The van der Waals surface area contributed by atoms with E-state index in [2.05, 4.69) is 26.1 Å². The van der Waals surface area contributed by atoms with Gasteiger partial charge in [-0.3, -0.25) is 0 Å². The van der Waals surface area contributed by atoms with Gasteiger partial charge in [0, 0.05) is 12.1 Å². The third-order valence-electron chi connectivity index (χ3n) is 1.19. The molecule has 0 spiro atoms. The molecule has 0 aromatic heterocycles. The second kappa shape index (κ2) is 5.29. The Morgan fingerprint density at radius 1 is 1.55 bits per heavy atom. The van der Waals surface area contributed by atoms with Crippen LogP contribution in [-0.2, 0) is 3.07 Å². The smallest absolute Gasteiger partial charge is 0.110 e. The molecule has 4 heteroatoms. The van der Waals surface area contributed by atoms with Crippen LogP contribution in [0.25, 0.3) is 0 Å². The third kappa shape index (κ3) is 6.99. The molecule has 11 heavy (non-hydrogen) atoms. The van der Waals surface area contributed by atoms with Gasteiger partial charge in [0.1, 0.15) is 29.1 Å². The van der Waals surface area contributed by atoms with Gasteiger partial charge in [0.15, 0.2) is 0 Å². The average molecular weight is 273 g/mol. The van der Waals surface area contributed by atoms with Crippen LogP contribution in [0.5, 0.6) is 0 Å². The lowest BCUT2D eigenvalue weighted by molar-refractivity contribution is 0.146. The molecule has 1 unspecified atom stereocenters. The van der Waals surface area contributed by atoms with Crippen LogP contribution in [0.2, 0.25) is 0 Å². The number of hydrogen-bond acceptors (Lipinski definition) is 3. The molecule has 68 valence electrons. The van der Waals surface area contributed by atoms with Gasteiger partial charge < -0.3 is 13.5 Å². The molecule has 0 heterocycles. The van der Waals surface area contributed by atoms with E-state index in [1.807, 2.05) is 0 Å². The maximum absolute atomic E-state index is 8.75. The van der Waals surface area contributed by atoms with Gasteiger partial charge in [-0.25, -0.2) is 0 Å². The molecule has 3 nitrogen and oxygen atoms in total. The van der Waals surface area contributed by atoms with Gasteiger partial charge in [0.2, 0.25) is 0 Å². The van der Waals surface area contributed by atoms with E-state index in [0.717, 1.165) is 0 Å². The van der Waals surface area contributed by atoms with Crippen LogP contribution in [0, 0.1) is 0 Å². The molecule has 0 saturated heterocycles. The van der Waals surface area contributed by atoms with Gasteiger partial charge in [-0.05, 0) is 20.8 Å². The molecule has 0 fully saturated rings. The summed E-state index contributed by atoms with van der Waals surface area (Å²) in [4.78, 5) is 0. The normalized spacial score (nSPS) is 15.0. The average Bonchev–Trinajstić information content (AvgIpc) is 1.88. The highest BCUT2D eigenvalue weighted by molar-refractivity contribution is 14.1. The van der Waals surface area contributed by atoms with Crippen molar-refractivity contribution in [3.63, 3.8) is 0 Å². The quantitative estimate of drug-likeness (QED) is 0.754. The van der Waals surface area contributed by atoms with E-state index in [1.54, 1.807) is 23.0 Å². The molecule has 0 aromatic carbocycles. The Morgan fingerprint density at radius 2 is 2.09 bits per heavy atom. The number of nitrogens with one attached hydrogen (secondary N) is 1. The lowest BCUT2D eigenvalue weighted by Gasteiger charge is -2.22. The zero-order valence-corrected chi connectivity index (χ0v) is 9.38. The minimum atomic E-state index is -0.102. The first kappa shape index (κ1) is 11.6. The van der Waals surface area contributed by atoms with Gasteiger partial charge in [-0.1, -0.05) is 0 Å².